The van der Waals surface area contributed by atoms with Crippen LogP contribution >= 0.6 is 0 Å². The Kier molecular flexibility index (Phi) is 2.07. The normalized spacial score (nSPS) is 24.2. The molecule has 10 heavy (non-hydrogen) atoms. The topological polar surface area (TPSA) is 17.1 Å². The molecule has 1 saturated carbocycles. The second kappa shape index (κ2) is 2.69. The molecule has 0 aliphatic heterocycles. The number of halogens is 1. The fourth-order valence-electron chi connectivity index (χ4n) is 1.53. The molecule has 0 N–H and O–H groups in total. The number of carbonyl (C=O) groups excluding carboxylic acids is 1. The molecule has 1 rings (SSSR count). The summed E-state index contributed by atoms with van der Waals surface area (Å²) in [4.78, 5) is 10.5. The Morgan fingerprint density at radius 3 is 2.10 bits per heavy atom. The van der Waals surface area contributed by atoms with Crippen LogP contribution in [-0.4, -0.2) is 6.04 Å². The van der Waals surface area contributed by atoms with Gasteiger partial charge in [-0.15, -0.1) is 0 Å². The molecule has 1 nitrogen and oxygen atoms in total. The summed E-state index contributed by atoms with van der Waals surface area (Å²) >= 11 is 0. The van der Waals surface area contributed by atoms with E-state index in [1.54, 1.807) is 6.92 Å². The van der Waals surface area contributed by atoms with E-state index >= 15 is 0 Å². The van der Waals surface area contributed by atoms with Gasteiger partial charge >= 0.3 is 6.04 Å². The third kappa shape index (κ3) is 1.36. The van der Waals surface area contributed by atoms with Gasteiger partial charge in [0.15, 0.2) is 0 Å². The summed E-state index contributed by atoms with van der Waals surface area (Å²) in [5.74, 6) is 0. The number of hydrogen-bond acceptors (Lipinski definition) is 1. The summed E-state index contributed by atoms with van der Waals surface area (Å²) in [5, 5.41) is 0. The summed E-state index contributed by atoms with van der Waals surface area (Å²) in [7, 11) is 0. The van der Waals surface area contributed by atoms with Crippen molar-refractivity contribution in [1.82, 2.24) is 0 Å². The predicted molar refractivity (Wildman–Crippen MR) is 37.3 cm³/mol. The lowest BCUT2D eigenvalue weighted by Crippen LogP contribution is -2.26. The maximum Gasteiger partial charge on any atom is 0.307 e. The molecule has 0 aromatic heterocycles. The first-order valence-electron chi connectivity index (χ1n) is 3.85. The van der Waals surface area contributed by atoms with Crippen LogP contribution in [0.5, 0.6) is 0 Å². The van der Waals surface area contributed by atoms with Crippen LogP contribution in [0.4, 0.5) is 4.39 Å². The van der Waals surface area contributed by atoms with Gasteiger partial charge in [-0.1, -0.05) is 19.3 Å². The van der Waals surface area contributed by atoms with Crippen LogP contribution in [0, 0.1) is 5.41 Å². The van der Waals surface area contributed by atoms with Crippen molar-refractivity contribution in [2.75, 3.05) is 0 Å². The van der Waals surface area contributed by atoms with E-state index in [-0.39, 0.29) is 0 Å². The SMILES string of the molecule is CC1(C(=O)F)CCCCC1. The average molecular weight is 144 g/mol. The molecule has 0 aromatic carbocycles. The van der Waals surface area contributed by atoms with Crippen molar-refractivity contribution in [3.63, 3.8) is 0 Å². The highest BCUT2D eigenvalue weighted by Crippen LogP contribution is 2.36. The zero-order chi connectivity index (χ0) is 7.61. The standard InChI is InChI=1S/C8H13FO/c1-8(7(9)10)5-3-2-4-6-8/h2-6H2,1H3. The minimum absolute atomic E-state index is 0.627. The highest BCUT2D eigenvalue weighted by Gasteiger charge is 2.34. The van der Waals surface area contributed by atoms with Crippen molar-refractivity contribution in [3.05, 3.63) is 0 Å². The molecule has 0 unspecified atom stereocenters. The largest absolute Gasteiger partial charge is 0.307 e. The Bertz CT molecular complexity index is 136. The molecule has 0 saturated heterocycles. The molecule has 0 radical (unpaired) electrons. The zero-order valence-corrected chi connectivity index (χ0v) is 6.32. The molecule has 1 aliphatic rings. The first kappa shape index (κ1) is 7.70. The van der Waals surface area contributed by atoms with Gasteiger partial charge in [0.25, 0.3) is 0 Å². The molecular weight excluding hydrogens is 131 g/mol. The van der Waals surface area contributed by atoms with Gasteiger partial charge in [0, 0.05) is 0 Å². The van der Waals surface area contributed by atoms with Gasteiger partial charge in [0.05, 0.1) is 5.41 Å². The summed E-state index contributed by atoms with van der Waals surface area (Å²) in [6, 6.07) is -1.12. The van der Waals surface area contributed by atoms with Crippen LogP contribution in [-0.2, 0) is 4.79 Å². The summed E-state index contributed by atoms with van der Waals surface area (Å²) < 4.78 is 12.3. The monoisotopic (exact) mass is 144 g/mol. The Labute approximate surface area is 60.6 Å². The van der Waals surface area contributed by atoms with Crippen molar-refractivity contribution in [2.24, 2.45) is 5.41 Å². The Morgan fingerprint density at radius 2 is 1.80 bits per heavy atom. The van der Waals surface area contributed by atoms with Crippen LogP contribution in [0.3, 0.4) is 0 Å². The second-order valence-corrected chi connectivity index (χ2v) is 3.40. The molecule has 1 fully saturated rings. The highest BCUT2D eigenvalue weighted by molar-refractivity contribution is 5.75. The molecule has 2 heteroatoms. The summed E-state index contributed by atoms with van der Waals surface area (Å²) in [6.07, 6.45) is 4.64. The van der Waals surface area contributed by atoms with E-state index in [1.165, 1.54) is 0 Å². The van der Waals surface area contributed by atoms with E-state index < -0.39 is 11.5 Å². The zero-order valence-electron chi connectivity index (χ0n) is 6.32. The van der Waals surface area contributed by atoms with Crippen molar-refractivity contribution in [2.45, 2.75) is 39.0 Å². The van der Waals surface area contributed by atoms with Crippen LogP contribution in [0.25, 0.3) is 0 Å². The molecule has 58 valence electrons. The fourth-order valence-corrected chi connectivity index (χ4v) is 1.53. The first-order chi connectivity index (χ1) is 4.65. The predicted octanol–water partition coefficient (Wildman–Crippen LogP) is 2.45. The van der Waals surface area contributed by atoms with E-state index in [2.05, 4.69) is 0 Å². The quantitative estimate of drug-likeness (QED) is 0.516. The molecule has 0 spiro atoms. The van der Waals surface area contributed by atoms with Crippen LogP contribution < -0.4 is 0 Å². The Hall–Kier alpha value is -0.400. The van der Waals surface area contributed by atoms with Crippen LogP contribution in [0.2, 0.25) is 0 Å². The maximum atomic E-state index is 12.3. The van der Waals surface area contributed by atoms with E-state index in [4.69, 9.17) is 0 Å². The molecule has 0 amide bonds. The lowest BCUT2D eigenvalue weighted by molar-refractivity contribution is -0.141. The third-order valence-corrected chi connectivity index (χ3v) is 2.43. The fraction of sp³-hybridized carbons (Fsp3) is 0.875. The minimum atomic E-state index is -1.12. The molecule has 0 aromatic rings. The van der Waals surface area contributed by atoms with Gasteiger partial charge < -0.3 is 0 Å². The molecule has 0 heterocycles. The summed E-state index contributed by atoms with van der Waals surface area (Å²) in [5.41, 5.74) is -0.627. The van der Waals surface area contributed by atoms with E-state index in [0.717, 1.165) is 32.1 Å². The van der Waals surface area contributed by atoms with Gasteiger partial charge in [0.2, 0.25) is 0 Å². The molecular formula is C8H13FO. The highest BCUT2D eigenvalue weighted by atomic mass is 19.1. The lowest BCUT2D eigenvalue weighted by Gasteiger charge is -2.28. The average Bonchev–Trinajstić information content (AvgIpc) is 1.89. The molecule has 1 aliphatic carbocycles. The van der Waals surface area contributed by atoms with Gasteiger partial charge in [0.1, 0.15) is 0 Å². The number of hydrogen-bond donors (Lipinski definition) is 0. The van der Waals surface area contributed by atoms with E-state index in [1.807, 2.05) is 0 Å². The van der Waals surface area contributed by atoms with Crippen molar-refractivity contribution >= 4 is 6.04 Å². The first-order valence-corrected chi connectivity index (χ1v) is 3.85. The van der Waals surface area contributed by atoms with Gasteiger partial charge in [-0.25, -0.2) is 0 Å². The van der Waals surface area contributed by atoms with Gasteiger partial charge in [-0.2, -0.15) is 4.39 Å². The Balaban J connectivity index is 2.56. The van der Waals surface area contributed by atoms with E-state index in [0.29, 0.717) is 0 Å². The second-order valence-electron chi connectivity index (χ2n) is 3.40. The lowest BCUT2D eigenvalue weighted by atomic mass is 9.76. The van der Waals surface area contributed by atoms with Gasteiger partial charge in [-0.05, 0) is 19.8 Å². The number of carbonyl (C=O) groups is 1. The van der Waals surface area contributed by atoms with Crippen molar-refractivity contribution in [3.8, 4) is 0 Å². The summed E-state index contributed by atoms with van der Waals surface area (Å²) in [6.45, 7) is 1.73. The van der Waals surface area contributed by atoms with E-state index in [9.17, 15) is 9.18 Å². The van der Waals surface area contributed by atoms with Gasteiger partial charge in [-0.3, -0.25) is 4.79 Å². The minimum Gasteiger partial charge on any atom is -0.261 e. The Morgan fingerprint density at radius 1 is 1.30 bits per heavy atom. The van der Waals surface area contributed by atoms with Crippen molar-refractivity contribution in [1.29, 1.82) is 0 Å². The maximum absolute atomic E-state index is 12.3. The molecule has 0 bridgehead atoms. The molecule has 0 atom stereocenters. The van der Waals surface area contributed by atoms with Crippen LogP contribution in [0.1, 0.15) is 39.0 Å². The van der Waals surface area contributed by atoms with Crippen LogP contribution in [0.15, 0.2) is 0 Å². The smallest absolute Gasteiger partial charge is 0.261 e. The number of rotatable bonds is 1. The third-order valence-electron chi connectivity index (χ3n) is 2.43. The van der Waals surface area contributed by atoms with Crippen molar-refractivity contribution < 1.29 is 9.18 Å².